The number of aliphatic hydroxyl groups is 1. The summed E-state index contributed by atoms with van der Waals surface area (Å²) in [5.41, 5.74) is 3.52. The van der Waals surface area contributed by atoms with Crippen LogP contribution in [0.1, 0.15) is 35.7 Å². The Morgan fingerprint density at radius 1 is 1.35 bits per heavy atom. The lowest BCUT2D eigenvalue weighted by molar-refractivity contribution is 0.229. The van der Waals surface area contributed by atoms with Crippen LogP contribution >= 0.6 is 0 Å². The third-order valence-electron chi connectivity index (χ3n) is 4.14. The number of hydrogen-bond donors (Lipinski definition) is 3. The first-order valence-corrected chi connectivity index (χ1v) is 8.01. The summed E-state index contributed by atoms with van der Waals surface area (Å²) in [7, 11) is 0. The Hall–Kier alpha value is -2.34. The van der Waals surface area contributed by atoms with Crippen molar-refractivity contribution in [3.05, 3.63) is 53.3 Å². The molecule has 1 heterocycles. The highest BCUT2D eigenvalue weighted by Crippen LogP contribution is 2.29. The Balaban J connectivity index is 1.72. The van der Waals surface area contributed by atoms with Crippen LogP contribution in [-0.2, 0) is 13.0 Å². The van der Waals surface area contributed by atoms with E-state index in [1.807, 2.05) is 29.1 Å². The van der Waals surface area contributed by atoms with Gasteiger partial charge in [0.1, 0.15) is 0 Å². The molecule has 0 spiro atoms. The number of fused-ring (bicyclic) bond motifs is 1. The second kappa shape index (κ2) is 7.28. The van der Waals surface area contributed by atoms with E-state index < -0.39 is 0 Å². The van der Waals surface area contributed by atoms with E-state index in [0.717, 1.165) is 31.4 Å². The van der Waals surface area contributed by atoms with Gasteiger partial charge in [0.2, 0.25) is 0 Å². The molecule has 23 heavy (non-hydrogen) atoms. The fourth-order valence-electron chi connectivity index (χ4n) is 3.04. The molecule has 122 valence electrons. The van der Waals surface area contributed by atoms with Crippen molar-refractivity contribution < 1.29 is 9.90 Å². The van der Waals surface area contributed by atoms with Gasteiger partial charge < -0.3 is 15.7 Å². The number of benzene rings is 1. The van der Waals surface area contributed by atoms with Crippen LogP contribution < -0.4 is 10.6 Å². The van der Waals surface area contributed by atoms with Crippen molar-refractivity contribution in [2.45, 2.75) is 31.8 Å². The highest BCUT2D eigenvalue weighted by Gasteiger charge is 2.25. The number of aliphatic hydroxyl groups excluding tert-OH is 1. The topological polar surface area (TPSA) is 79.2 Å². The Kier molecular flexibility index (Phi) is 4.92. The number of urea groups is 1. The predicted octanol–water partition coefficient (Wildman–Crippen LogP) is 1.60. The number of nitrogens with zero attached hydrogens (tertiary/aromatic N) is 2. The average molecular weight is 314 g/mol. The second-order valence-electron chi connectivity index (χ2n) is 5.76. The molecule has 2 aromatic rings. The number of hydrogen-bond acceptors (Lipinski definition) is 3. The monoisotopic (exact) mass is 314 g/mol. The van der Waals surface area contributed by atoms with Gasteiger partial charge in [-0.05, 0) is 24.8 Å². The molecule has 1 unspecified atom stereocenters. The summed E-state index contributed by atoms with van der Waals surface area (Å²) in [5, 5.41) is 18.9. The Morgan fingerprint density at radius 2 is 2.17 bits per heavy atom. The Bertz CT molecular complexity index is 654. The van der Waals surface area contributed by atoms with Crippen LogP contribution in [0.5, 0.6) is 0 Å². The maximum Gasteiger partial charge on any atom is 0.315 e. The molecular weight excluding hydrogens is 292 g/mol. The number of carbonyl (C=O) groups is 1. The zero-order valence-corrected chi connectivity index (χ0v) is 13.0. The molecule has 0 saturated heterocycles. The highest BCUT2D eigenvalue weighted by molar-refractivity contribution is 5.74. The summed E-state index contributed by atoms with van der Waals surface area (Å²) < 4.78 is 2.03. The maximum absolute atomic E-state index is 11.8. The molecule has 3 N–H and O–H groups in total. The van der Waals surface area contributed by atoms with E-state index in [-0.39, 0.29) is 25.2 Å². The first kappa shape index (κ1) is 15.6. The van der Waals surface area contributed by atoms with Gasteiger partial charge in [-0.25, -0.2) is 4.79 Å². The molecule has 1 aliphatic rings. The van der Waals surface area contributed by atoms with Crippen molar-refractivity contribution in [2.75, 3.05) is 13.2 Å². The molecule has 0 bridgehead atoms. The molecule has 0 radical (unpaired) electrons. The number of rotatable bonds is 5. The van der Waals surface area contributed by atoms with Crippen molar-refractivity contribution in [3.63, 3.8) is 0 Å². The van der Waals surface area contributed by atoms with Gasteiger partial charge in [-0.3, -0.25) is 4.68 Å². The molecule has 1 aromatic heterocycles. The summed E-state index contributed by atoms with van der Waals surface area (Å²) in [4.78, 5) is 11.8. The van der Waals surface area contributed by atoms with Gasteiger partial charge in [-0.1, -0.05) is 30.3 Å². The SMILES string of the molecule is O=C(NCCO)NC1CCCc2c1cnn2Cc1ccccc1. The minimum atomic E-state index is -0.243. The van der Waals surface area contributed by atoms with Gasteiger partial charge in [0.25, 0.3) is 0 Å². The standard InChI is InChI=1S/C17H22N4O2/c22-10-9-18-17(23)20-15-7-4-8-16-14(15)11-19-21(16)12-13-5-2-1-3-6-13/h1-3,5-6,11,15,22H,4,7-10,12H2,(H2,18,20,23). The van der Waals surface area contributed by atoms with E-state index >= 15 is 0 Å². The van der Waals surface area contributed by atoms with Crippen molar-refractivity contribution >= 4 is 6.03 Å². The van der Waals surface area contributed by atoms with Gasteiger partial charge in [-0.2, -0.15) is 5.10 Å². The third kappa shape index (κ3) is 3.71. The van der Waals surface area contributed by atoms with Crippen LogP contribution in [0.2, 0.25) is 0 Å². The molecular formula is C17H22N4O2. The van der Waals surface area contributed by atoms with E-state index in [4.69, 9.17) is 5.11 Å². The minimum absolute atomic E-state index is 0.0121. The number of amides is 2. The minimum Gasteiger partial charge on any atom is -0.395 e. The molecule has 1 aromatic carbocycles. The summed E-state index contributed by atoms with van der Waals surface area (Å²) in [6, 6.07) is 9.99. The molecule has 6 heteroatoms. The highest BCUT2D eigenvalue weighted by atomic mass is 16.3. The normalized spacial score (nSPS) is 16.7. The maximum atomic E-state index is 11.8. The lowest BCUT2D eigenvalue weighted by Crippen LogP contribution is -2.40. The van der Waals surface area contributed by atoms with E-state index in [2.05, 4.69) is 27.9 Å². The molecule has 1 aliphatic carbocycles. The Morgan fingerprint density at radius 3 is 2.96 bits per heavy atom. The van der Waals surface area contributed by atoms with Crippen LogP contribution in [0.25, 0.3) is 0 Å². The molecule has 0 saturated carbocycles. The zero-order chi connectivity index (χ0) is 16.1. The number of aromatic nitrogens is 2. The first-order valence-electron chi connectivity index (χ1n) is 8.01. The number of nitrogens with one attached hydrogen (secondary N) is 2. The largest absolute Gasteiger partial charge is 0.395 e. The third-order valence-corrected chi connectivity index (χ3v) is 4.14. The van der Waals surface area contributed by atoms with Crippen molar-refractivity contribution in [1.82, 2.24) is 20.4 Å². The van der Waals surface area contributed by atoms with Gasteiger partial charge >= 0.3 is 6.03 Å². The van der Waals surface area contributed by atoms with Crippen LogP contribution in [0.4, 0.5) is 4.79 Å². The second-order valence-corrected chi connectivity index (χ2v) is 5.76. The fraction of sp³-hybridized carbons (Fsp3) is 0.412. The smallest absolute Gasteiger partial charge is 0.315 e. The van der Waals surface area contributed by atoms with E-state index in [1.54, 1.807) is 0 Å². The molecule has 2 amide bonds. The van der Waals surface area contributed by atoms with Gasteiger partial charge in [0, 0.05) is 17.8 Å². The van der Waals surface area contributed by atoms with E-state index in [1.165, 1.54) is 11.3 Å². The number of carbonyl (C=O) groups excluding carboxylic acids is 1. The summed E-state index contributed by atoms with van der Waals surface area (Å²) in [5.74, 6) is 0. The lowest BCUT2D eigenvalue weighted by atomic mass is 9.93. The molecule has 0 aliphatic heterocycles. The van der Waals surface area contributed by atoms with Gasteiger partial charge in [0.05, 0.1) is 25.4 Å². The predicted molar refractivity (Wildman–Crippen MR) is 87.1 cm³/mol. The van der Waals surface area contributed by atoms with Crippen molar-refractivity contribution in [3.8, 4) is 0 Å². The van der Waals surface area contributed by atoms with Crippen molar-refractivity contribution in [2.24, 2.45) is 0 Å². The van der Waals surface area contributed by atoms with Gasteiger partial charge in [0.15, 0.2) is 0 Å². The molecule has 3 rings (SSSR count). The summed E-state index contributed by atoms with van der Waals surface area (Å²) >= 11 is 0. The van der Waals surface area contributed by atoms with Crippen LogP contribution in [0.15, 0.2) is 36.5 Å². The van der Waals surface area contributed by atoms with Gasteiger partial charge in [-0.15, -0.1) is 0 Å². The van der Waals surface area contributed by atoms with Crippen LogP contribution in [-0.4, -0.2) is 34.1 Å². The van der Waals surface area contributed by atoms with E-state index in [0.29, 0.717) is 0 Å². The van der Waals surface area contributed by atoms with Crippen LogP contribution in [0, 0.1) is 0 Å². The molecule has 1 atom stereocenters. The van der Waals surface area contributed by atoms with Crippen molar-refractivity contribution in [1.29, 1.82) is 0 Å². The average Bonchev–Trinajstić information content (AvgIpc) is 2.98. The fourth-order valence-corrected chi connectivity index (χ4v) is 3.04. The van der Waals surface area contributed by atoms with E-state index in [9.17, 15) is 4.79 Å². The lowest BCUT2D eigenvalue weighted by Gasteiger charge is -2.24. The summed E-state index contributed by atoms with van der Waals surface area (Å²) in [6.45, 7) is 0.955. The first-order chi connectivity index (χ1) is 11.3. The molecule has 6 nitrogen and oxygen atoms in total. The molecule has 0 fully saturated rings. The van der Waals surface area contributed by atoms with Crippen LogP contribution in [0.3, 0.4) is 0 Å². The zero-order valence-electron chi connectivity index (χ0n) is 13.0. The summed E-state index contributed by atoms with van der Waals surface area (Å²) in [6.07, 6.45) is 4.79. The Labute approximate surface area is 135 Å². The quantitative estimate of drug-likeness (QED) is 0.784.